The van der Waals surface area contributed by atoms with Crippen molar-refractivity contribution in [1.82, 2.24) is 0 Å². The molecule has 0 bridgehead atoms. The first kappa shape index (κ1) is 15.1. The molecule has 0 rings (SSSR count). The van der Waals surface area contributed by atoms with E-state index in [9.17, 15) is 9.90 Å². The van der Waals surface area contributed by atoms with Gasteiger partial charge < -0.3 is 20.1 Å². The average Bonchev–Trinajstić information content (AvgIpc) is 2.27. The van der Waals surface area contributed by atoms with Gasteiger partial charge in [0.25, 0.3) is 0 Å². The molecule has 0 aliphatic rings. The van der Waals surface area contributed by atoms with Crippen molar-refractivity contribution in [3.05, 3.63) is 12.2 Å². The summed E-state index contributed by atoms with van der Waals surface area (Å²) in [5.74, 6) is -0.376. The van der Waals surface area contributed by atoms with Crippen molar-refractivity contribution < 1.29 is 24.9 Å². The van der Waals surface area contributed by atoms with Crippen molar-refractivity contribution >= 4 is 5.97 Å². The van der Waals surface area contributed by atoms with E-state index in [1.807, 2.05) is 0 Å². The van der Waals surface area contributed by atoms with Crippen molar-refractivity contribution in [2.24, 2.45) is 0 Å². The second kappa shape index (κ2) is 9.33. The molecular weight excluding hydrogens is 212 g/mol. The van der Waals surface area contributed by atoms with Gasteiger partial charge in [0.05, 0.1) is 19.3 Å². The Labute approximate surface area is 95.4 Å². The van der Waals surface area contributed by atoms with Gasteiger partial charge in [0.15, 0.2) is 0 Å². The molecule has 5 nitrogen and oxygen atoms in total. The van der Waals surface area contributed by atoms with E-state index in [0.717, 1.165) is 0 Å². The van der Waals surface area contributed by atoms with Gasteiger partial charge in [-0.05, 0) is 26.2 Å². The molecule has 0 spiro atoms. The van der Waals surface area contributed by atoms with Gasteiger partial charge in [0, 0.05) is 6.08 Å². The Balaban J connectivity index is 3.56. The Hall–Kier alpha value is -0.910. The summed E-state index contributed by atoms with van der Waals surface area (Å²) in [5, 5.41) is 26.9. The number of hydrogen-bond acceptors (Lipinski definition) is 5. The number of hydrogen-bond donors (Lipinski definition) is 3. The summed E-state index contributed by atoms with van der Waals surface area (Å²) in [6.45, 7) is 1.64. The van der Waals surface area contributed by atoms with Crippen LogP contribution in [-0.4, -0.2) is 46.7 Å². The summed E-state index contributed by atoms with van der Waals surface area (Å²) in [5.41, 5.74) is 0. The van der Waals surface area contributed by atoms with Crippen LogP contribution in [0.3, 0.4) is 0 Å². The Kier molecular flexibility index (Phi) is 8.80. The third-order valence-corrected chi connectivity index (χ3v) is 2.04. The summed E-state index contributed by atoms with van der Waals surface area (Å²) in [7, 11) is 0. The van der Waals surface area contributed by atoms with E-state index in [2.05, 4.69) is 4.74 Å². The highest BCUT2D eigenvalue weighted by Gasteiger charge is 2.13. The van der Waals surface area contributed by atoms with Gasteiger partial charge in [-0.1, -0.05) is 6.08 Å². The van der Waals surface area contributed by atoms with E-state index >= 15 is 0 Å². The monoisotopic (exact) mass is 232 g/mol. The number of esters is 1. The minimum atomic E-state index is -1.09. The number of allylic oxidation sites excluding steroid dienone is 1. The zero-order valence-electron chi connectivity index (χ0n) is 9.50. The van der Waals surface area contributed by atoms with Gasteiger partial charge >= 0.3 is 5.97 Å². The van der Waals surface area contributed by atoms with E-state index in [4.69, 9.17) is 10.2 Å². The standard InChI is InChI=1S/C11H20O5/c1-2-16-11(15)7-5-3-4-6-9(13)10(14)8-12/h5,7,9-10,12-14H,2-4,6,8H2,1H3/b7-5+/t9-,10-/m0/s1. The predicted molar refractivity (Wildman–Crippen MR) is 58.7 cm³/mol. The minimum Gasteiger partial charge on any atom is -0.463 e. The molecule has 2 atom stereocenters. The highest BCUT2D eigenvalue weighted by Crippen LogP contribution is 2.05. The molecule has 0 aliphatic heterocycles. The Morgan fingerprint density at radius 3 is 2.62 bits per heavy atom. The third-order valence-electron chi connectivity index (χ3n) is 2.04. The molecule has 0 heterocycles. The number of unbranched alkanes of at least 4 members (excludes halogenated alkanes) is 1. The number of carbonyl (C=O) groups is 1. The first-order chi connectivity index (χ1) is 7.61. The van der Waals surface area contributed by atoms with Gasteiger partial charge in [0.2, 0.25) is 0 Å². The topological polar surface area (TPSA) is 87.0 Å². The lowest BCUT2D eigenvalue weighted by molar-refractivity contribution is -0.137. The van der Waals surface area contributed by atoms with Crippen LogP contribution < -0.4 is 0 Å². The van der Waals surface area contributed by atoms with Crippen LogP contribution in [0.25, 0.3) is 0 Å². The van der Waals surface area contributed by atoms with Gasteiger partial charge in [-0.15, -0.1) is 0 Å². The van der Waals surface area contributed by atoms with Crippen LogP contribution in [0.4, 0.5) is 0 Å². The van der Waals surface area contributed by atoms with Crippen LogP contribution in [0, 0.1) is 0 Å². The average molecular weight is 232 g/mol. The van der Waals surface area contributed by atoms with E-state index in [0.29, 0.717) is 25.9 Å². The van der Waals surface area contributed by atoms with Gasteiger partial charge in [-0.25, -0.2) is 4.79 Å². The number of aliphatic hydroxyl groups is 3. The first-order valence-electron chi connectivity index (χ1n) is 5.42. The Morgan fingerprint density at radius 1 is 1.38 bits per heavy atom. The highest BCUT2D eigenvalue weighted by molar-refractivity contribution is 5.81. The van der Waals surface area contributed by atoms with Gasteiger partial charge in [0.1, 0.15) is 6.10 Å². The molecule has 0 aromatic heterocycles. The van der Waals surface area contributed by atoms with E-state index in [-0.39, 0.29) is 5.97 Å². The van der Waals surface area contributed by atoms with Crippen LogP contribution >= 0.6 is 0 Å². The maximum atomic E-state index is 10.9. The largest absolute Gasteiger partial charge is 0.463 e. The molecule has 94 valence electrons. The number of carbonyl (C=O) groups excluding carboxylic acids is 1. The van der Waals surface area contributed by atoms with Crippen molar-refractivity contribution in [3.8, 4) is 0 Å². The number of aliphatic hydroxyl groups excluding tert-OH is 3. The zero-order valence-corrected chi connectivity index (χ0v) is 9.50. The van der Waals surface area contributed by atoms with E-state index in [1.54, 1.807) is 13.0 Å². The molecule has 0 amide bonds. The maximum Gasteiger partial charge on any atom is 0.330 e. The smallest absolute Gasteiger partial charge is 0.330 e. The fourth-order valence-electron chi connectivity index (χ4n) is 1.13. The van der Waals surface area contributed by atoms with Gasteiger partial charge in [-0.3, -0.25) is 0 Å². The summed E-state index contributed by atoms with van der Waals surface area (Å²) in [6.07, 6.45) is 2.64. The van der Waals surface area contributed by atoms with Crippen LogP contribution in [0.1, 0.15) is 26.2 Å². The quantitative estimate of drug-likeness (QED) is 0.311. The fraction of sp³-hybridized carbons (Fsp3) is 0.727. The first-order valence-corrected chi connectivity index (χ1v) is 5.42. The molecule has 3 N–H and O–H groups in total. The summed E-state index contributed by atoms with van der Waals surface area (Å²) < 4.78 is 4.68. The zero-order chi connectivity index (χ0) is 12.4. The van der Waals surface area contributed by atoms with Gasteiger partial charge in [-0.2, -0.15) is 0 Å². The minimum absolute atomic E-state index is 0.352. The molecule has 0 aliphatic carbocycles. The molecule has 0 fully saturated rings. The molecule has 0 unspecified atom stereocenters. The highest BCUT2D eigenvalue weighted by atomic mass is 16.5. The second-order valence-corrected chi connectivity index (χ2v) is 3.40. The molecule has 5 heteroatoms. The van der Waals surface area contributed by atoms with Crippen LogP contribution in [0.2, 0.25) is 0 Å². The van der Waals surface area contributed by atoms with Crippen LogP contribution in [-0.2, 0) is 9.53 Å². The van der Waals surface area contributed by atoms with E-state index < -0.39 is 18.8 Å². The molecule has 16 heavy (non-hydrogen) atoms. The lowest BCUT2D eigenvalue weighted by Gasteiger charge is -2.14. The van der Waals surface area contributed by atoms with Crippen molar-refractivity contribution in [1.29, 1.82) is 0 Å². The fourth-order valence-corrected chi connectivity index (χ4v) is 1.13. The molecule has 0 radical (unpaired) electrons. The lowest BCUT2D eigenvalue weighted by atomic mass is 10.1. The molecule has 0 saturated carbocycles. The van der Waals surface area contributed by atoms with Crippen LogP contribution in [0.5, 0.6) is 0 Å². The normalized spacial score (nSPS) is 15.0. The summed E-state index contributed by atoms with van der Waals surface area (Å²) in [6, 6.07) is 0. The molecule has 0 saturated heterocycles. The second-order valence-electron chi connectivity index (χ2n) is 3.40. The third kappa shape index (κ3) is 7.39. The Morgan fingerprint density at radius 2 is 2.06 bits per heavy atom. The molecule has 0 aromatic carbocycles. The Bertz CT molecular complexity index is 214. The SMILES string of the molecule is CCOC(=O)/C=C/CCC[C@H](O)[C@@H](O)CO. The van der Waals surface area contributed by atoms with Crippen molar-refractivity contribution in [3.63, 3.8) is 0 Å². The molecule has 0 aromatic rings. The summed E-state index contributed by atoms with van der Waals surface area (Å²) in [4.78, 5) is 10.9. The number of ether oxygens (including phenoxy) is 1. The van der Waals surface area contributed by atoms with E-state index in [1.165, 1.54) is 6.08 Å². The predicted octanol–water partition coefficient (Wildman–Crippen LogP) is -0.00990. The van der Waals surface area contributed by atoms with Crippen molar-refractivity contribution in [2.75, 3.05) is 13.2 Å². The van der Waals surface area contributed by atoms with Crippen molar-refractivity contribution in [2.45, 2.75) is 38.4 Å². The molecular formula is C11H20O5. The maximum absolute atomic E-state index is 10.9. The lowest BCUT2D eigenvalue weighted by Crippen LogP contribution is -2.28. The summed E-state index contributed by atoms with van der Waals surface area (Å²) >= 11 is 0. The number of rotatable bonds is 8. The van der Waals surface area contributed by atoms with Crippen LogP contribution in [0.15, 0.2) is 12.2 Å².